The van der Waals surface area contributed by atoms with Gasteiger partial charge in [0.05, 0.1) is 5.69 Å². The van der Waals surface area contributed by atoms with Gasteiger partial charge in [-0.1, -0.05) is 30.3 Å². The van der Waals surface area contributed by atoms with Crippen molar-refractivity contribution in [2.75, 3.05) is 16.8 Å². The molecule has 1 amide bonds. The molecule has 2 aromatic rings. The van der Waals surface area contributed by atoms with Gasteiger partial charge in [0.25, 0.3) is 0 Å². The van der Waals surface area contributed by atoms with Gasteiger partial charge in [-0.25, -0.2) is 4.79 Å². The number of para-hydroxylation sites is 1. The number of rotatable bonds is 4. The SMILES string of the molecule is CC(C)(C)OC(=O)N1CCCc2ccc(C(=O)/C(C#N)=C/Nc3ccccc3)cc21. The lowest BCUT2D eigenvalue weighted by Gasteiger charge is -2.32. The molecule has 6 heteroatoms. The van der Waals surface area contributed by atoms with Crippen molar-refractivity contribution in [3.8, 4) is 6.07 Å². The monoisotopic (exact) mass is 403 g/mol. The Bertz CT molecular complexity index is 1010. The zero-order valence-electron chi connectivity index (χ0n) is 17.4. The predicted molar refractivity (Wildman–Crippen MR) is 116 cm³/mol. The van der Waals surface area contributed by atoms with E-state index in [1.165, 1.54) is 6.20 Å². The molecule has 0 saturated heterocycles. The first kappa shape index (κ1) is 21.1. The fourth-order valence-electron chi connectivity index (χ4n) is 3.22. The molecule has 154 valence electrons. The van der Waals surface area contributed by atoms with Crippen molar-refractivity contribution in [2.45, 2.75) is 39.2 Å². The zero-order valence-corrected chi connectivity index (χ0v) is 17.4. The highest BCUT2D eigenvalue weighted by Gasteiger charge is 2.28. The van der Waals surface area contributed by atoms with E-state index in [-0.39, 0.29) is 5.57 Å². The van der Waals surface area contributed by atoms with E-state index < -0.39 is 17.5 Å². The third kappa shape index (κ3) is 5.06. The molecule has 1 heterocycles. The van der Waals surface area contributed by atoms with Gasteiger partial charge >= 0.3 is 6.09 Å². The molecule has 2 aromatic carbocycles. The second kappa shape index (κ2) is 8.83. The summed E-state index contributed by atoms with van der Waals surface area (Å²) in [5.41, 5.74) is 2.15. The summed E-state index contributed by atoms with van der Waals surface area (Å²) in [6, 6.07) is 16.5. The molecular formula is C24H25N3O3. The Morgan fingerprint density at radius 3 is 2.57 bits per heavy atom. The molecule has 30 heavy (non-hydrogen) atoms. The minimum Gasteiger partial charge on any atom is -0.443 e. The van der Waals surface area contributed by atoms with Gasteiger partial charge in [0.2, 0.25) is 5.78 Å². The number of amides is 1. The molecule has 0 radical (unpaired) electrons. The maximum Gasteiger partial charge on any atom is 0.414 e. The number of nitrogens with one attached hydrogen (secondary N) is 1. The van der Waals surface area contributed by atoms with Gasteiger partial charge in [-0.3, -0.25) is 9.69 Å². The van der Waals surface area contributed by atoms with Crippen molar-refractivity contribution in [3.05, 3.63) is 71.4 Å². The van der Waals surface area contributed by atoms with Crippen molar-refractivity contribution in [2.24, 2.45) is 0 Å². The number of hydrogen-bond acceptors (Lipinski definition) is 5. The lowest BCUT2D eigenvalue weighted by Crippen LogP contribution is -2.39. The molecule has 1 N–H and O–H groups in total. The van der Waals surface area contributed by atoms with Crippen LogP contribution in [-0.4, -0.2) is 24.0 Å². The Hall–Kier alpha value is -3.59. The van der Waals surface area contributed by atoms with Crippen LogP contribution in [0.2, 0.25) is 0 Å². The average molecular weight is 403 g/mol. The number of carbonyl (C=O) groups excluding carboxylic acids is 2. The third-order valence-corrected chi connectivity index (χ3v) is 4.60. The highest BCUT2D eigenvalue weighted by Crippen LogP contribution is 2.30. The van der Waals surface area contributed by atoms with Crippen LogP contribution in [0, 0.1) is 11.3 Å². The molecule has 0 aromatic heterocycles. The van der Waals surface area contributed by atoms with Crippen LogP contribution in [0.5, 0.6) is 0 Å². The number of nitriles is 1. The van der Waals surface area contributed by atoms with Crippen molar-refractivity contribution >= 4 is 23.3 Å². The summed E-state index contributed by atoms with van der Waals surface area (Å²) >= 11 is 0. The maximum absolute atomic E-state index is 12.9. The van der Waals surface area contributed by atoms with Gasteiger partial charge in [-0.15, -0.1) is 0 Å². The van der Waals surface area contributed by atoms with Gasteiger partial charge in [0.1, 0.15) is 17.2 Å². The maximum atomic E-state index is 12.9. The first-order valence-corrected chi connectivity index (χ1v) is 9.88. The van der Waals surface area contributed by atoms with Gasteiger partial charge in [-0.2, -0.15) is 5.26 Å². The number of allylic oxidation sites excluding steroid dienone is 1. The molecule has 0 spiro atoms. The van der Waals surface area contributed by atoms with Crippen LogP contribution in [-0.2, 0) is 11.2 Å². The van der Waals surface area contributed by atoms with Crippen molar-refractivity contribution in [3.63, 3.8) is 0 Å². The van der Waals surface area contributed by atoms with Gasteiger partial charge in [0.15, 0.2) is 0 Å². The number of aryl methyl sites for hydroxylation is 1. The van der Waals surface area contributed by atoms with Crippen LogP contribution >= 0.6 is 0 Å². The molecule has 3 rings (SSSR count). The van der Waals surface area contributed by atoms with Crippen molar-refractivity contribution in [1.29, 1.82) is 5.26 Å². The molecule has 0 bridgehead atoms. The molecule has 0 atom stereocenters. The average Bonchev–Trinajstić information content (AvgIpc) is 2.72. The van der Waals surface area contributed by atoms with E-state index in [9.17, 15) is 14.9 Å². The number of fused-ring (bicyclic) bond motifs is 1. The summed E-state index contributed by atoms with van der Waals surface area (Å²) in [4.78, 5) is 27.1. The second-order valence-corrected chi connectivity index (χ2v) is 8.09. The van der Waals surface area contributed by atoms with Gasteiger partial charge in [0, 0.05) is 24.0 Å². The first-order chi connectivity index (χ1) is 14.3. The van der Waals surface area contributed by atoms with Crippen LogP contribution < -0.4 is 10.2 Å². The Morgan fingerprint density at radius 2 is 1.90 bits per heavy atom. The smallest absolute Gasteiger partial charge is 0.414 e. The molecule has 6 nitrogen and oxygen atoms in total. The Morgan fingerprint density at radius 1 is 1.17 bits per heavy atom. The number of ketones is 1. The summed E-state index contributed by atoms with van der Waals surface area (Å²) in [5, 5.41) is 12.4. The largest absolute Gasteiger partial charge is 0.443 e. The standard InChI is InChI=1S/C24H25N3O3/c1-24(2,3)30-23(29)27-13-7-8-17-11-12-18(14-21(17)27)22(28)19(15-25)16-26-20-9-5-4-6-10-20/h4-6,9-12,14,16,26H,7-8,13H2,1-3H3/b19-16+. The highest BCUT2D eigenvalue weighted by atomic mass is 16.6. The van der Waals surface area contributed by atoms with Gasteiger partial charge < -0.3 is 10.1 Å². The lowest BCUT2D eigenvalue weighted by atomic mass is 9.96. The Balaban J connectivity index is 1.86. The molecule has 1 aliphatic heterocycles. The molecule has 0 saturated carbocycles. The summed E-state index contributed by atoms with van der Waals surface area (Å²) in [6.07, 6.45) is 2.61. The normalized spacial score (nSPS) is 13.8. The topological polar surface area (TPSA) is 82.4 Å². The van der Waals surface area contributed by atoms with Crippen LogP contribution in [0.25, 0.3) is 0 Å². The second-order valence-electron chi connectivity index (χ2n) is 8.09. The number of nitrogens with zero attached hydrogens (tertiary/aromatic N) is 2. The number of Topliss-reactive ketones (excluding diaryl/α,β-unsaturated/α-hetero) is 1. The number of hydrogen-bond donors (Lipinski definition) is 1. The number of carbonyl (C=O) groups is 2. The summed E-state index contributed by atoms with van der Waals surface area (Å²) in [5.74, 6) is -0.404. The minimum absolute atomic E-state index is 0.0153. The molecule has 0 fully saturated rings. The van der Waals surface area contributed by atoms with Crippen molar-refractivity contribution in [1.82, 2.24) is 0 Å². The Kier molecular flexibility index (Phi) is 6.22. The minimum atomic E-state index is -0.609. The Labute approximate surface area is 176 Å². The molecular weight excluding hydrogens is 378 g/mol. The van der Waals surface area contributed by atoms with Crippen LogP contribution in [0.4, 0.5) is 16.2 Å². The molecule has 1 aliphatic rings. The molecule has 0 unspecified atom stereocenters. The quantitative estimate of drug-likeness (QED) is 0.437. The highest BCUT2D eigenvalue weighted by molar-refractivity contribution is 6.12. The first-order valence-electron chi connectivity index (χ1n) is 9.88. The summed E-state index contributed by atoms with van der Waals surface area (Å²) < 4.78 is 5.52. The number of anilines is 2. The van der Waals surface area contributed by atoms with E-state index in [1.54, 1.807) is 17.0 Å². The van der Waals surface area contributed by atoms with Crippen LogP contribution in [0.15, 0.2) is 60.3 Å². The van der Waals surface area contributed by atoms with Gasteiger partial charge in [-0.05, 0) is 57.4 Å². The zero-order chi connectivity index (χ0) is 21.7. The van der Waals surface area contributed by atoms with E-state index in [4.69, 9.17) is 4.74 Å². The summed E-state index contributed by atoms with van der Waals surface area (Å²) in [6.45, 7) is 5.98. The van der Waals surface area contributed by atoms with Crippen LogP contribution in [0.3, 0.4) is 0 Å². The lowest BCUT2D eigenvalue weighted by molar-refractivity contribution is 0.0577. The fraction of sp³-hybridized carbons (Fsp3) is 0.292. The van der Waals surface area contributed by atoms with Crippen molar-refractivity contribution < 1.29 is 14.3 Å². The van der Waals surface area contributed by atoms with E-state index in [0.717, 1.165) is 24.1 Å². The third-order valence-electron chi connectivity index (χ3n) is 4.60. The number of benzene rings is 2. The molecule has 0 aliphatic carbocycles. The van der Waals surface area contributed by atoms with E-state index in [0.29, 0.717) is 17.8 Å². The van der Waals surface area contributed by atoms with E-state index in [2.05, 4.69) is 5.32 Å². The van der Waals surface area contributed by atoms with E-state index >= 15 is 0 Å². The van der Waals surface area contributed by atoms with Crippen LogP contribution in [0.1, 0.15) is 43.1 Å². The predicted octanol–water partition coefficient (Wildman–Crippen LogP) is 5.08. The number of ether oxygens (including phenoxy) is 1. The van der Waals surface area contributed by atoms with E-state index in [1.807, 2.05) is 63.2 Å². The fourth-order valence-corrected chi connectivity index (χ4v) is 3.22. The summed E-state index contributed by atoms with van der Waals surface area (Å²) in [7, 11) is 0.